The molecular weight excluding hydrogens is 309 g/mol. The zero-order valence-electron chi connectivity index (χ0n) is 13.6. The molecule has 0 aliphatic rings. The summed E-state index contributed by atoms with van der Waals surface area (Å²) in [5.41, 5.74) is 3.65. The minimum absolute atomic E-state index is 0.236. The van der Waals surface area contributed by atoms with Crippen molar-refractivity contribution in [3.05, 3.63) is 58.8 Å². The number of carbonyl (C=O) groups excluding carboxylic acids is 1. The zero-order valence-corrected chi connectivity index (χ0v) is 13.6. The molecule has 124 valence electrons. The number of benzene rings is 1. The van der Waals surface area contributed by atoms with Crippen molar-refractivity contribution in [3.8, 4) is 11.3 Å². The Balaban J connectivity index is 1.87. The Morgan fingerprint density at radius 3 is 2.67 bits per heavy atom. The van der Waals surface area contributed by atoms with Crippen molar-refractivity contribution in [2.24, 2.45) is 0 Å². The largest absolute Gasteiger partial charge is 0.345 e. The number of hydrogen-bond donors (Lipinski definition) is 3. The highest BCUT2D eigenvalue weighted by atomic mass is 19.1. The summed E-state index contributed by atoms with van der Waals surface area (Å²) in [6, 6.07) is 6.02. The number of aryl methyl sites for hydroxylation is 2. The molecule has 0 aliphatic heterocycles. The monoisotopic (exact) mass is 327 g/mol. The zero-order chi connectivity index (χ0) is 17.3. The van der Waals surface area contributed by atoms with E-state index in [-0.39, 0.29) is 11.9 Å². The Kier molecular flexibility index (Phi) is 4.16. The highest BCUT2D eigenvalue weighted by Gasteiger charge is 2.21. The number of carbonyl (C=O) groups is 1. The van der Waals surface area contributed by atoms with Crippen molar-refractivity contribution in [2.75, 3.05) is 0 Å². The summed E-state index contributed by atoms with van der Waals surface area (Å²) in [5.74, 6) is -0.736. The highest BCUT2D eigenvalue weighted by Crippen LogP contribution is 2.25. The summed E-state index contributed by atoms with van der Waals surface area (Å²) in [7, 11) is 0. The number of hydrogen-bond acceptors (Lipinski definition) is 3. The molecule has 6 nitrogen and oxygen atoms in total. The van der Waals surface area contributed by atoms with Crippen LogP contribution in [0.25, 0.3) is 11.3 Å². The first-order valence-corrected chi connectivity index (χ1v) is 7.59. The SMILES string of the molecule is Cc1n[nH]c(C)c1[C@H](C)NC(=O)c1cn[nH]c1-c1ccccc1F. The number of aromatic amines is 2. The lowest BCUT2D eigenvalue weighted by molar-refractivity contribution is 0.0940. The van der Waals surface area contributed by atoms with E-state index >= 15 is 0 Å². The van der Waals surface area contributed by atoms with Crippen LogP contribution in [-0.2, 0) is 0 Å². The number of halogens is 1. The molecule has 1 aromatic carbocycles. The minimum atomic E-state index is -0.412. The molecule has 1 amide bonds. The maximum atomic E-state index is 14.0. The van der Waals surface area contributed by atoms with Crippen LogP contribution in [0.5, 0.6) is 0 Å². The fraction of sp³-hybridized carbons (Fsp3) is 0.235. The molecule has 0 aliphatic carbocycles. The van der Waals surface area contributed by atoms with Gasteiger partial charge in [0.2, 0.25) is 0 Å². The average Bonchev–Trinajstić information content (AvgIpc) is 3.14. The van der Waals surface area contributed by atoms with Crippen LogP contribution in [0.2, 0.25) is 0 Å². The summed E-state index contributed by atoms with van der Waals surface area (Å²) in [6.45, 7) is 5.66. The second kappa shape index (κ2) is 6.27. The Morgan fingerprint density at radius 2 is 2.00 bits per heavy atom. The summed E-state index contributed by atoms with van der Waals surface area (Å²) in [5, 5.41) is 16.6. The molecule has 24 heavy (non-hydrogen) atoms. The number of H-pyrrole nitrogens is 2. The number of amides is 1. The van der Waals surface area contributed by atoms with E-state index in [0.29, 0.717) is 16.8 Å². The van der Waals surface area contributed by atoms with Gasteiger partial charge in [0.25, 0.3) is 5.91 Å². The number of rotatable bonds is 4. The van der Waals surface area contributed by atoms with Gasteiger partial charge in [-0.05, 0) is 32.9 Å². The van der Waals surface area contributed by atoms with Crippen molar-refractivity contribution < 1.29 is 9.18 Å². The molecule has 2 aromatic heterocycles. The van der Waals surface area contributed by atoms with E-state index in [2.05, 4.69) is 25.7 Å². The smallest absolute Gasteiger partial charge is 0.255 e. The first-order chi connectivity index (χ1) is 11.5. The molecule has 3 rings (SSSR count). The quantitative estimate of drug-likeness (QED) is 0.688. The van der Waals surface area contributed by atoms with Gasteiger partial charge in [-0.1, -0.05) is 12.1 Å². The number of nitrogens with one attached hydrogen (secondary N) is 3. The molecule has 0 spiro atoms. The first kappa shape index (κ1) is 15.9. The minimum Gasteiger partial charge on any atom is -0.345 e. The Bertz CT molecular complexity index is 863. The summed E-state index contributed by atoms with van der Waals surface area (Å²) >= 11 is 0. The summed E-state index contributed by atoms with van der Waals surface area (Å²) in [6.07, 6.45) is 1.40. The molecule has 0 fully saturated rings. The van der Waals surface area contributed by atoms with Crippen molar-refractivity contribution in [3.63, 3.8) is 0 Å². The molecule has 1 atom stereocenters. The van der Waals surface area contributed by atoms with E-state index in [0.717, 1.165) is 17.0 Å². The van der Waals surface area contributed by atoms with E-state index in [9.17, 15) is 9.18 Å². The Morgan fingerprint density at radius 1 is 1.25 bits per heavy atom. The van der Waals surface area contributed by atoms with Gasteiger partial charge in [0.15, 0.2) is 0 Å². The van der Waals surface area contributed by atoms with Gasteiger partial charge in [0, 0.05) is 16.8 Å². The van der Waals surface area contributed by atoms with Crippen molar-refractivity contribution >= 4 is 5.91 Å². The third kappa shape index (κ3) is 2.80. The maximum absolute atomic E-state index is 14.0. The lowest BCUT2D eigenvalue weighted by Gasteiger charge is -2.14. The van der Waals surface area contributed by atoms with E-state index in [4.69, 9.17) is 0 Å². The van der Waals surface area contributed by atoms with Crippen LogP contribution in [0.3, 0.4) is 0 Å². The van der Waals surface area contributed by atoms with E-state index in [1.807, 2.05) is 20.8 Å². The molecule has 0 bridgehead atoms. The predicted molar refractivity (Wildman–Crippen MR) is 87.9 cm³/mol. The highest BCUT2D eigenvalue weighted by molar-refractivity contribution is 6.00. The molecule has 3 N–H and O–H groups in total. The molecule has 0 saturated carbocycles. The summed E-state index contributed by atoms with van der Waals surface area (Å²) in [4.78, 5) is 12.6. The van der Waals surface area contributed by atoms with Crippen LogP contribution < -0.4 is 5.32 Å². The van der Waals surface area contributed by atoms with Crippen LogP contribution in [0.15, 0.2) is 30.5 Å². The molecule has 3 aromatic rings. The fourth-order valence-electron chi connectivity index (χ4n) is 2.87. The van der Waals surface area contributed by atoms with Gasteiger partial charge in [-0.2, -0.15) is 10.2 Å². The van der Waals surface area contributed by atoms with Crippen LogP contribution in [0.1, 0.15) is 40.3 Å². The molecule has 0 unspecified atom stereocenters. The van der Waals surface area contributed by atoms with Gasteiger partial charge in [0.1, 0.15) is 5.82 Å². The lowest BCUT2D eigenvalue weighted by atomic mass is 10.0. The Labute approximate surface area is 138 Å². The third-order valence-corrected chi connectivity index (χ3v) is 3.99. The van der Waals surface area contributed by atoms with E-state index in [1.165, 1.54) is 12.3 Å². The first-order valence-electron chi connectivity index (χ1n) is 7.59. The van der Waals surface area contributed by atoms with E-state index in [1.54, 1.807) is 18.2 Å². The normalized spacial score (nSPS) is 12.2. The topological polar surface area (TPSA) is 86.5 Å². The van der Waals surface area contributed by atoms with Gasteiger partial charge in [-0.15, -0.1) is 0 Å². The molecule has 7 heteroatoms. The average molecular weight is 327 g/mol. The second-order valence-electron chi connectivity index (χ2n) is 5.68. The standard InChI is InChI=1S/C17H18FN5O/c1-9(15-10(2)21-22-11(15)3)20-17(24)13-8-19-23-16(13)12-6-4-5-7-14(12)18/h4-9H,1-3H3,(H,19,23)(H,20,24)(H,21,22)/t9-/m0/s1. The van der Waals surface area contributed by atoms with Gasteiger partial charge in [0.05, 0.1) is 29.2 Å². The predicted octanol–water partition coefficient (Wildman–Crippen LogP) is 3.05. The van der Waals surface area contributed by atoms with Gasteiger partial charge >= 0.3 is 0 Å². The molecule has 2 heterocycles. The third-order valence-electron chi connectivity index (χ3n) is 3.99. The number of nitrogens with zero attached hydrogens (tertiary/aromatic N) is 2. The summed E-state index contributed by atoms with van der Waals surface area (Å²) < 4.78 is 14.0. The molecular formula is C17H18FN5O. The lowest BCUT2D eigenvalue weighted by Crippen LogP contribution is -2.27. The molecule has 0 saturated heterocycles. The Hall–Kier alpha value is -2.96. The second-order valence-corrected chi connectivity index (χ2v) is 5.68. The number of aromatic nitrogens is 4. The van der Waals surface area contributed by atoms with Gasteiger partial charge in [-0.3, -0.25) is 15.0 Å². The van der Waals surface area contributed by atoms with Crippen molar-refractivity contribution in [1.82, 2.24) is 25.7 Å². The van der Waals surface area contributed by atoms with E-state index < -0.39 is 5.82 Å². The molecule has 0 radical (unpaired) electrons. The van der Waals surface area contributed by atoms with Crippen molar-refractivity contribution in [1.29, 1.82) is 0 Å². The van der Waals surface area contributed by atoms with Gasteiger partial charge < -0.3 is 5.32 Å². The van der Waals surface area contributed by atoms with Crippen LogP contribution in [-0.4, -0.2) is 26.3 Å². The van der Waals surface area contributed by atoms with Gasteiger partial charge in [-0.25, -0.2) is 4.39 Å². The fourth-order valence-corrected chi connectivity index (χ4v) is 2.87. The van der Waals surface area contributed by atoms with Crippen molar-refractivity contribution in [2.45, 2.75) is 26.8 Å². The van der Waals surface area contributed by atoms with Crippen LogP contribution >= 0.6 is 0 Å². The van der Waals surface area contributed by atoms with Crippen LogP contribution in [0, 0.1) is 19.7 Å². The van der Waals surface area contributed by atoms with Crippen LogP contribution in [0.4, 0.5) is 4.39 Å². The maximum Gasteiger partial charge on any atom is 0.255 e.